The van der Waals surface area contributed by atoms with Gasteiger partial charge in [-0.05, 0) is 30.5 Å². The molecule has 0 bridgehead atoms. The van der Waals surface area contributed by atoms with Gasteiger partial charge in [-0.15, -0.1) is 0 Å². The zero-order chi connectivity index (χ0) is 10.9. The highest BCUT2D eigenvalue weighted by molar-refractivity contribution is 9.10. The molecule has 0 radical (unpaired) electrons. The second kappa shape index (κ2) is 3.94. The van der Waals surface area contributed by atoms with Gasteiger partial charge < -0.3 is 11.1 Å². The molecule has 0 saturated heterocycles. The van der Waals surface area contributed by atoms with Crippen LogP contribution in [0.3, 0.4) is 0 Å². The number of hydrogen-bond donors (Lipinski definition) is 2. The number of nitrogens with one attached hydrogen (secondary N) is 1. The molecule has 80 valence electrons. The molecule has 0 heterocycles. The number of carbonyl (C=O) groups excluding carboxylic acids is 1. The van der Waals surface area contributed by atoms with Crippen LogP contribution in [0.25, 0.3) is 0 Å². The predicted octanol–water partition coefficient (Wildman–Crippen LogP) is 1.56. The zero-order valence-corrected chi connectivity index (χ0v) is 9.88. The summed E-state index contributed by atoms with van der Waals surface area (Å²) in [5.74, 6) is -0.0394. The van der Waals surface area contributed by atoms with Crippen molar-refractivity contribution < 1.29 is 4.79 Å². The lowest BCUT2D eigenvalue weighted by Gasteiger charge is -2.09. The maximum Gasteiger partial charge on any atom is 0.240 e. The Hall–Kier alpha value is -0.870. The summed E-state index contributed by atoms with van der Waals surface area (Å²) in [6, 6.07) is 7.86. The van der Waals surface area contributed by atoms with E-state index < -0.39 is 5.54 Å². The second-order valence-electron chi connectivity index (χ2n) is 3.97. The molecule has 3 N–H and O–H groups in total. The molecule has 2 rings (SSSR count). The van der Waals surface area contributed by atoms with Gasteiger partial charge in [0.1, 0.15) is 0 Å². The van der Waals surface area contributed by atoms with E-state index in [1.54, 1.807) is 0 Å². The second-order valence-corrected chi connectivity index (χ2v) is 4.88. The Labute approximate surface area is 97.2 Å². The maximum atomic E-state index is 11.5. The molecule has 3 nitrogen and oxygen atoms in total. The summed E-state index contributed by atoms with van der Waals surface area (Å²) in [6.45, 7) is 0.539. The summed E-state index contributed by atoms with van der Waals surface area (Å²) in [5.41, 5.74) is 6.26. The van der Waals surface area contributed by atoms with E-state index in [4.69, 9.17) is 5.73 Å². The molecule has 0 aromatic heterocycles. The van der Waals surface area contributed by atoms with Gasteiger partial charge in [0, 0.05) is 11.0 Å². The third kappa shape index (κ3) is 2.58. The number of rotatable bonds is 3. The number of amides is 1. The minimum absolute atomic E-state index is 0.0394. The number of carbonyl (C=O) groups is 1. The van der Waals surface area contributed by atoms with Gasteiger partial charge in [0.05, 0.1) is 5.54 Å². The van der Waals surface area contributed by atoms with Crippen molar-refractivity contribution in [1.82, 2.24) is 5.32 Å². The molecule has 1 amide bonds. The fraction of sp³-hybridized carbons (Fsp3) is 0.364. The Bertz CT molecular complexity index is 388. The van der Waals surface area contributed by atoms with Crippen LogP contribution >= 0.6 is 15.9 Å². The smallest absolute Gasteiger partial charge is 0.240 e. The molecule has 1 aliphatic rings. The van der Waals surface area contributed by atoms with E-state index in [2.05, 4.69) is 21.2 Å². The van der Waals surface area contributed by atoms with E-state index in [0.29, 0.717) is 6.54 Å². The average Bonchev–Trinajstić information content (AvgIpc) is 2.94. The Balaban J connectivity index is 1.90. The quantitative estimate of drug-likeness (QED) is 0.874. The van der Waals surface area contributed by atoms with Gasteiger partial charge in [0.25, 0.3) is 0 Å². The van der Waals surface area contributed by atoms with Crippen LogP contribution in [0, 0.1) is 0 Å². The highest BCUT2D eigenvalue weighted by atomic mass is 79.9. The molecule has 1 fully saturated rings. The van der Waals surface area contributed by atoms with E-state index in [9.17, 15) is 4.79 Å². The lowest BCUT2D eigenvalue weighted by Crippen LogP contribution is -2.42. The van der Waals surface area contributed by atoms with Gasteiger partial charge in [-0.2, -0.15) is 0 Å². The first kappa shape index (κ1) is 10.6. The molecule has 0 spiro atoms. The van der Waals surface area contributed by atoms with E-state index in [0.717, 1.165) is 22.9 Å². The number of halogens is 1. The fourth-order valence-electron chi connectivity index (χ4n) is 1.37. The van der Waals surface area contributed by atoms with E-state index in [1.807, 2.05) is 24.3 Å². The number of hydrogen-bond acceptors (Lipinski definition) is 2. The largest absolute Gasteiger partial charge is 0.350 e. The van der Waals surface area contributed by atoms with Crippen LogP contribution in [-0.4, -0.2) is 11.4 Å². The van der Waals surface area contributed by atoms with Gasteiger partial charge in [0.15, 0.2) is 0 Å². The van der Waals surface area contributed by atoms with Crippen molar-refractivity contribution in [2.75, 3.05) is 0 Å². The summed E-state index contributed by atoms with van der Waals surface area (Å²) in [4.78, 5) is 11.5. The third-order valence-electron chi connectivity index (χ3n) is 2.58. The van der Waals surface area contributed by atoms with Gasteiger partial charge in [-0.3, -0.25) is 4.79 Å². The van der Waals surface area contributed by atoms with Crippen LogP contribution in [-0.2, 0) is 11.3 Å². The summed E-state index contributed by atoms with van der Waals surface area (Å²) < 4.78 is 1.02. The van der Waals surface area contributed by atoms with Crippen molar-refractivity contribution in [1.29, 1.82) is 0 Å². The Morgan fingerprint density at radius 3 is 2.87 bits per heavy atom. The average molecular weight is 269 g/mol. The lowest BCUT2D eigenvalue weighted by molar-refractivity contribution is -0.123. The molecule has 0 unspecified atom stereocenters. The van der Waals surface area contributed by atoms with Crippen molar-refractivity contribution in [3.05, 3.63) is 34.3 Å². The van der Waals surface area contributed by atoms with Gasteiger partial charge >= 0.3 is 0 Å². The minimum Gasteiger partial charge on any atom is -0.350 e. The Morgan fingerprint density at radius 1 is 1.53 bits per heavy atom. The first-order valence-electron chi connectivity index (χ1n) is 4.92. The number of benzene rings is 1. The molecule has 1 aliphatic carbocycles. The van der Waals surface area contributed by atoms with Crippen LogP contribution in [0.2, 0.25) is 0 Å². The summed E-state index contributed by atoms with van der Waals surface area (Å²) in [6.07, 6.45) is 1.61. The van der Waals surface area contributed by atoms with Crippen molar-refractivity contribution in [3.8, 4) is 0 Å². The normalized spacial score (nSPS) is 17.2. The third-order valence-corrected chi connectivity index (χ3v) is 3.08. The molecule has 1 aromatic rings. The highest BCUT2D eigenvalue weighted by Gasteiger charge is 2.45. The molecule has 1 saturated carbocycles. The minimum atomic E-state index is -0.577. The van der Waals surface area contributed by atoms with Crippen LogP contribution < -0.4 is 11.1 Å². The monoisotopic (exact) mass is 268 g/mol. The van der Waals surface area contributed by atoms with Gasteiger partial charge in [-0.25, -0.2) is 0 Å². The molecule has 4 heteroatoms. The topological polar surface area (TPSA) is 55.1 Å². The van der Waals surface area contributed by atoms with Crippen molar-refractivity contribution in [3.63, 3.8) is 0 Å². The molecule has 15 heavy (non-hydrogen) atoms. The van der Waals surface area contributed by atoms with Crippen molar-refractivity contribution >= 4 is 21.8 Å². The standard InChI is InChI=1S/C11H13BrN2O/c12-9-3-1-2-8(6-9)7-14-10(15)11(13)4-5-11/h1-3,6H,4-5,7,13H2,(H,14,15). The SMILES string of the molecule is NC1(C(=O)NCc2cccc(Br)c2)CC1. The highest BCUT2D eigenvalue weighted by Crippen LogP contribution is 2.32. The predicted molar refractivity (Wildman–Crippen MR) is 62.1 cm³/mol. The van der Waals surface area contributed by atoms with E-state index in [-0.39, 0.29) is 5.91 Å². The molecular weight excluding hydrogens is 256 g/mol. The van der Waals surface area contributed by atoms with E-state index >= 15 is 0 Å². The summed E-state index contributed by atoms with van der Waals surface area (Å²) >= 11 is 3.38. The molecule has 0 aliphatic heterocycles. The molecule has 0 atom stereocenters. The van der Waals surface area contributed by atoms with Crippen molar-refractivity contribution in [2.24, 2.45) is 5.73 Å². The first-order valence-corrected chi connectivity index (χ1v) is 5.71. The Morgan fingerprint density at radius 2 is 2.27 bits per heavy atom. The number of nitrogens with two attached hydrogens (primary N) is 1. The fourth-order valence-corrected chi connectivity index (χ4v) is 1.81. The van der Waals surface area contributed by atoms with Crippen molar-refractivity contribution in [2.45, 2.75) is 24.9 Å². The van der Waals surface area contributed by atoms with E-state index in [1.165, 1.54) is 0 Å². The summed E-state index contributed by atoms with van der Waals surface area (Å²) in [7, 11) is 0. The van der Waals surface area contributed by atoms with Crippen LogP contribution in [0.15, 0.2) is 28.7 Å². The Kier molecular flexibility index (Phi) is 2.80. The van der Waals surface area contributed by atoms with Crippen LogP contribution in [0.4, 0.5) is 0 Å². The zero-order valence-electron chi connectivity index (χ0n) is 8.29. The lowest BCUT2D eigenvalue weighted by atomic mass is 10.2. The van der Waals surface area contributed by atoms with Crippen LogP contribution in [0.1, 0.15) is 18.4 Å². The maximum absolute atomic E-state index is 11.5. The molecular formula is C11H13BrN2O. The van der Waals surface area contributed by atoms with Crippen LogP contribution in [0.5, 0.6) is 0 Å². The summed E-state index contributed by atoms with van der Waals surface area (Å²) in [5, 5.41) is 2.84. The molecule has 1 aromatic carbocycles. The van der Waals surface area contributed by atoms with Gasteiger partial charge in [0.2, 0.25) is 5.91 Å². The van der Waals surface area contributed by atoms with Gasteiger partial charge in [-0.1, -0.05) is 28.1 Å². The first-order chi connectivity index (χ1) is 7.10.